The molecule has 0 radical (unpaired) electrons. The maximum atomic E-state index is 13.2. The highest BCUT2D eigenvalue weighted by atomic mass is 35.5. The first-order chi connectivity index (χ1) is 12.5. The summed E-state index contributed by atoms with van der Waals surface area (Å²) in [7, 11) is 0. The van der Waals surface area contributed by atoms with Crippen molar-refractivity contribution < 1.29 is 9.59 Å². The highest BCUT2D eigenvalue weighted by molar-refractivity contribution is 5.97. The molecule has 0 saturated carbocycles. The van der Waals surface area contributed by atoms with Gasteiger partial charge < -0.3 is 20.9 Å². The lowest BCUT2D eigenvalue weighted by molar-refractivity contribution is -0.123. The third kappa shape index (κ3) is 4.86. The van der Waals surface area contributed by atoms with Crippen molar-refractivity contribution in [2.75, 3.05) is 36.8 Å². The fourth-order valence-corrected chi connectivity index (χ4v) is 3.87. The monoisotopic (exact) mass is 394 g/mol. The molecule has 2 aliphatic heterocycles. The molecule has 1 fully saturated rings. The Morgan fingerprint density at radius 3 is 2.78 bits per heavy atom. The molecule has 2 aliphatic rings. The van der Waals surface area contributed by atoms with Gasteiger partial charge >= 0.3 is 6.03 Å². The van der Waals surface area contributed by atoms with Crippen LogP contribution >= 0.6 is 12.4 Å². The molecule has 0 spiro atoms. The Morgan fingerprint density at radius 2 is 2.04 bits per heavy atom. The number of nitrogens with one attached hydrogen (secondary N) is 1. The number of rotatable bonds is 3. The number of piperidine rings is 1. The second-order valence-electron chi connectivity index (χ2n) is 7.80. The van der Waals surface area contributed by atoms with Gasteiger partial charge in [0.25, 0.3) is 0 Å². The summed E-state index contributed by atoms with van der Waals surface area (Å²) >= 11 is 0. The predicted molar refractivity (Wildman–Crippen MR) is 111 cm³/mol. The fraction of sp³-hybridized carbons (Fsp3) is 0.600. The zero-order chi connectivity index (χ0) is 18.7. The first-order valence-corrected chi connectivity index (χ1v) is 9.69. The molecule has 3 rings (SSSR count). The van der Waals surface area contributed by atoms with E-state index in [2.05, 4.69) is 19.2 Å². The molecular weight excluding hydrogens is 364 g/mol. The number of hydrogen-bond donors (Lipinski definition) is 2. The van der Waals surface area contributed by atoms with Gasteiger partial charge in [0.2, 0.25) is 5.91 Å². The van der Waals surface area contributed by atoms with E-state index in [4.69, 9.17) is 5.73 Å². The van der Waals surface area contributed by atoms with Gasteiger partial charge in [0.1, 0.15) is 0 Å². The number of urea groups is 1. The molecule has 2 heterocycles. The molecule has 1 saturated heterocycles. The largest absolute Gasteiger partial charge is 0.398 e. The summed E-state index contributed by atoms with van der Waals surface area (Å²) in [5, 5.41) is 2.96. The van der Waals surface area contributed by atoms with Gasteiger partial charge in [0, 0.05) is 37.6 Å². The van der Waals surface area contributed by atoms with Gasteiger partial charge in [0.05, 0.1) is 5.92 Å². The number of nitrogens with two attached hydrogens (primary N) is 1. The van der Waals surface area contributed by atoms with Gasteiger partial charge in [-0.2, -0.15) is 0 Å². The second-order valence-corrected chi connectivity index (χ2v) is 7.80. The van der Waals surface area contributed by atoms with Crippen molar-refractivity contribution in [2.24, 2.45) is 11.8 Å². The van der Waals surface area contributed by atoms with Crippen molar-refractivity contribution >= 4 is 35.7 Å². The summed E-state index contributed by atoms with van der Waals surface area (Å²) in [5.41, 5.74) is 8.89. The van der Waals surface area contributed by atoms with Crippen LogP contribution in [0.5, 0.6) is 0 Å². The lowest BCUT2D eigenvalue weighted by Gasteiger charge is -2.37. The number of halogens is 1. The molecule has 1 atom stereocenters. The summed E-state index contributed by atoms with van der Waals surface area (Å²) in [5.74, 6) is 0.398. The molecule has 6 nitrogen and oxygen atoms in total. The van der Waals surface area contributed by atoms with Crippen molar-refractivity contribution in [3.05, 3.63) is 23.8 Å². The molecular formula is C20H31ClN4O2. The van der Waals surface area contributed by atoms with Gasteiger partial charge in [0.15, 0.2) is 0 Å². The Labute approximate surface area is 167 Å². The van der Waals surface area contributed by atoms with Gasteiger partial charge in [-0.25, -0.2) is 4.79 Å². The molecule has 27 heavy (non-hydrogen) atoms. The summed E-state index contributed by atoms with van der Waals surface area (Å²) in [6, 6.07) is 5.73. The van der Waals surface area contributed by atoms with Crippen LogP contribution in [0.3, 0.4) is 0 Å². The third-order valence-electron chi connectivity index (χ3n) is 5.27. The molecule has 1 unspecified atom stereocenters. The highest BCUT2D eigenvalue weighted by Crippen LogP contribution is 2.33. The summed E-state index contributed by atoms with van der Waals surface area (Å²) in [6.07, 6.45) is 3.54. The minimum atomic E-state index is -0.138. The van der Waals surface area contributed by atoms with Gasteiger partial charge in [-0.1, -0.05) is 19.9 Å². The minimum absolute atomic E-state index is 0. The van der Waals surface area contributed by atoms with Crippen LogP contribution in [0.2, 0.25) is 0 Å². The van der Waals surface area contributed by atoms with Crippen LogP contribution in [-0.2, 0) is 11.2 Å². The molecule has 1 aromatic rings. The lowest BCUT2D eigenvalue weighted by Crippen LogP contribution is -2.50. The SMILES string of the molecule is CC(C)CNC(=O)N1CCCC(C(=O)N2CCCc3c(N)cccc32)C1.Cl. The van der Waals surface area contributed by atoms with Gasteiger partial charge in [-0.05, 0) is 49.3 Å². The Balaban J connectivity index is 0.00000261. The van der Waals surface area contributed by atoms with Crippen molar-refractivity contribution in [1.82, 2.24) is 10.2 Å². The Morgan fingerprint density at radius 1 is 1.26 bits per heavy atom. The first-order valence-electron chi connectivity index (χ1n) is 9.69. The predicted octanol–water partition coefficient (Wildman–Crippen LogP) is 3.05. The number of nitrogen functional groups attached to an aromatic ring is 1. The zero-order valence-corrected chi connectivity index (χ0v) is 17.1. The third-order valence-corrected chi connectivity index (χ3v) is 5.27. The van der Waals surface area contributed by atoms with E-state index in [1.165, 1.54) is 0 Å². The number of carbonyl (C=O) groups is 2. The maximum absolute atomic E-state index is 13.2. The van der Waals surface area contributed by atoms with E-state index in [9.17, 15) is 9.59 Å². The Kier molecular flexibility index (Phi) is 7.36. The maximum Gasteiger partial charge on any atom is 0.317 e. The van der Waals surface area contributed by atoms with Crippen molar-refractivity contribution in [1.29, 1.82) is 0 Å². The highest BCUT2D eigenvalue weighted by Gasteiger charge is 2.33. The van der Waals surface area contributed by atoms with Crippen molar-refractivity contribution in [3.8, 4) is 0 Å². The van der Waals surface area contributed by atoms with Crippen molar-refractivity contribution in [2.45, 2.75) is 39.5 Å². The quantitative estimate of drug-likeness (QED) is 0.773. The standard InChI is InChI=1S/C20H30N4O2.ClH/c1-14(2)12-22-20(26)23-10-4-6-15(13-23)19(25)24-11-5-7-16-17(21)8-3-9-18(16)24;/h3,8-9,14-15H,4-7,10-13,21H2,1-2H3,(H,22,26);1H. The lowest BCUT2D eigenvalue weighted by atomic mass is 9.93. The van der Waals surface area contributed by atoms with Crippen LogP contribution in [-0.4, -0.2) is 43.0 Å². The summed E-state index contributed by atoms with van der Waals surface area (Å²) in [6.45, 7) is 6.75. The van der Waals surface area contributed by atoms with E-state index in [0.717, 1.165) is 55.7 Å². The van der Waals surface area contributed by atoms with E-state index < -0.39 is 0 Å². The second kappa shape index (κ2) is 9.31. The number of nitrogens with zero attached hydrogens (tertiary/aromatic N) is 2. The van der Waals surface area contributed by atoms with Gasteiger partial charge in [-0.3, -0.25) is 4.79 Å². The molecule has 0 aromatic heterocycles. The molecule has 150 valence electrons. The molecule has 7 heteroatoms. The number of carbonyl (C=O) groups excluding carboxylic acids is 2. The Bertz CT molecular complexity index is 680. The normalized spacial score (nSPS) is 19.3. The van der Waals surface area contributed by atoms with E-state index in [1.54, 1.807) is 4.90 Å². The fourth-order valence-electron chi connectivity index (χ4n) is 3.87. The van der Waals surface area contributed by atoms with E-state index >= 15 is 0 Å². The van der Waals surface area contributed by atoms with E-state index in [1.807, 2.05) is 23.1 Å². The van der Waals surface area contributed by atoms with Crippen molar-refractivity contribution in [3.63, 3.8) is 0 Å². The number of anilines is 2. The van der Waals surface area contributed by atoms with E-state index in [0.29, 0.717) is 19.0 Å². The minimum Gasteiger partial charge on any atom is -0.398 e. The topological polar surface area (TPSA) is 78.7 Å². The van der Waals surface area contributed by atoms with Crippen LogP contribution in [0.1, 0.15) is 38.7 Å². The number of fused-ring (bicyclic) bond motifs is 1. The average molecular weight is 395 g/mol. The Hall–Kier alpha value is -1.95. The number of hydrogen-bond acceptors (Lipinski definition) is 3. The zero-order valence-electron chi connectivity index (χ0n) is 16.2. The first kappa shape index (κ1) is 21.4. The summed E-state index contributed by atoms with van der Waals surface area (Å²) in [4.78, 5) is 29.2. The number of benzene rings is 1. The molecule has 0 aliphatic carbocycles. The molecule has 3 amide bonds. The van der Waals surface area contributed by atoms with Crippen LogP contribution in [0, 0.1) is 11.8 Å². The van der Waals surface area contributed by atoms with Crippen LogP contribution < -0.4 is 16.0 Å². The van der Waals surface area contributed by atoms with Crippen LogP contribution in [0.25, 0.3) is 0 Å². The van der Waals surface area contributed by atoms with Crippen LogP contribution in [0.15, 0.2) is 18.2 Å². The number of amides is 3. The molecule has 0 bridgehead atoms. The van der Waals surface area contributed by atoms with Crippen LogP contribution in [0.4, 0.5) is 16.2 Å². The summed E-state index contributed by atoms with van der Waals surface area (Å²) < 4.78 is 0. The molecule has 1 aromatic carbocycles. The van der Waals surface area contributed by atoms with E-state index in [-0.39, 0.29) is 30.3 Å². The number of likely N-dealkylation sites (tertiary alicyclic amines) is 1. The average Bonchev–Trinajstić information content (AvgIpc) is 2.65. The molecule has 3 N–H and O–H groups in total. The smallest absolute Gasteiger partial charge is 0.317 e. The van der Waals surface area contributed by atoms with Gasteiger partial charge in [-0.15, -0.1) is 12.4 Å².